The number of hydrogen-bond acceptors (Lipinski definition) is 3. The van der Waals surface area contributed by atoms with E-state index in [1.165, 1.54) is 18.2 Å². The van der Waals surface area contributed by atoms with Gasteiger partial charge in [0, 0.05) is 0 Å². The molecule has 15 heavy (non-hydrogen) atoms. The number of rotatable bonds is 1. The van der Waals surface area contributed by atoms with Crippen LogP contribution in [0.25, 0.3) is 0 Å². The maximum absolute atomic E-state index is 11.8. The van der Waals surface area contributed by atoms with Crippen LogP contribution < -0.4 is 4.74 Å². The van der Waals surface area contributed by atoms with E-state index in [2.05, 4.69) is 4.74 Å². The molecule has 0 aromatic heterocycles. The zero-order valence-electron chi connectivity index (χ0n) is 7.21. The van der Waals surface area contributed by atoms with Crippen LogP contribution in [0.1, 0.15) is 5.56 Å². The Morgan fingerprint density at radius 1 is 1.33 bits per heavy atom. The predicted molar refractivity (Wildman–Crippen MR) is 42.8 cm³/mol. The zero-order valence-corrected chi connectivity index (χ0v) is 7.21. The first-order valence-corrected chi connectivity index (χ1v) is 3.73. The van der Waals surface area contributed by atoms with Crippen molar-refractivity contribution in [1.29, 1.82) is 5.26 Å². The fraction of sp³-hybridized carbons (Fsp3) is 0.111. The number of alkyl halides is 3. The summed E-state index contributed by atoms with van der Waals surface area (Å²) < 4.78 is 39.5. The van der Waals surface area contributed by atoms with Crippen LogP contribution in [0, 0.1) is 11.3 Å². The number of carbonyl (C=O) groups is 1. The van der Waals surface area contributed by atoms with Gasteiger partial charge in [0.05, 0.1) is 5.56 Å². The van der Waals surface area contributed by atoms with Crippen LogP contribution in [0.5, 0.6) is 5.75 Å². The maximum atomic E-state index is 11.8. The minimum absolute atomic E-state index is 0.130. The highest BCUT2D eigenvalue weighted by Crippen LogP contribution is 2.22. The van der Waals surface area contributed by atoms with Crippen molar-refractivity contribution in [2.75, 3.05) is 0 Å². The van der Waals surface area contributed by atoms with Crippen molar-refractivity contribution in [2.45, 2.75) is 6.18 Å². The van der Waals surface area contributed by atoms with Crippen LogP contribution in [0.2, 0.25) is 0 Å². The molecule has 0 saturated carbocycles. The lowest BCUT2D eigenvalue weighted by atomic mass is 10.2. The monoisotopic (exact) mass is 215 g/mol. The average Bonchev–Trinajstić information content (AvgIpc) is 2.17. The number of hydrogen-bond donors (Lipinski definition) is 0. The van der Waals surface area contributed by atoms with E-state index in [0.29, 0.717) is 0 Å². The summed E-state index contributed by atoms with van der Waals surface area (Å²) in [4.78, 5) is 10.4. The molecule has 1 aromatic rings. The Morgan fingerprint density at radius 2 is 1.93 bits per heavy atom. The molecule has 0 saturated heterocycles. The van der Waals surface area contributed by atoms with Crippen LogP contribution in [-0.2, 0) is 4.79 Å². The molecule has 0 amide bonds. The van der Waals surface area contributed by atoms with Gasteiger partial charge >= 0.3 is 12.1 Å². The predicted octanol–water partition coefficient (Wildman–Crippen LogP) is 2.03. The minimum atomic E-state index is -5.07. The smallest absolute Gasteiger partial charge is 0.418 e. The number of nitriles is 1. The molecule has 1 aromatic carbocycles. The summed E-state index contributed by atoms with van der Waals surface area (Å²) >= 11 is 0. The number of halogens is 3. The second kappa shape index (κ2) is 4.00. The van der Waals surface area contributed by atoms with E-state index >= 15 is 0 Å². The highest BCUT2D eigenvalue weighted by molar-refractivity contribution is 5.78. The molecular formula is C9H4F3NO2. The van der Waals surface area contributed by atoms with Gasteiger partial charge in [-0.15, -0.1) is 0 Å². The molecule has 0 heterocycles. The fourth-order valence-electron chi connectivity index (χ4n) is 0.806. The maximum Gasteiger partial charge on any atom is 0.491 e. The quantitative estimate of drug-likeness (QED) is 0.532. The molecule has 0 aliphatic carbocycles. The number of nitrogens with zero attached hydrogens (tertiary/aromatic N) is 1. The van der Waals surface area contributed by atoms with E-state index in [4.69, 9.17) is 5.26 Å². The van der Waals surface area contributed by atoms with E-state index in [1.807, 2.05) is 0 Å². The highest BCUT2D eigenvalue weighted by atomic mass is 19.4. The second-order valence-electron chi connectivity index (χ2n) is 2.50. The topological polar surface area (TPSA) is 50.1 Å². The van der Waals surface area contributed by atoms with Gasteiger partial charge in [0.15, 0.2) is 0 Å². The first-order chi connectivity index (χ1) is 6.95. The first-order valence-electron chi connectivity index (χ1n) is 3.73. The Morgan fingerprint density at radius 3 is 2.47 bits per heavy atom. The molecule has 0 aliphatic rings. The van der Waals surface area contributed by atoms with Gasteiger partial charge in [-0.3, -0.25) is 0 Å². The Bertz CT molecular complexity index is 420. The second-order valence-corrected chi connectivity index (χ2v) is 2.50. The first kappa shape index (κ1) is 11.0. The Hall–Kier alpha value is -2.03. The third-order valence-corrected chi connectivity index (χ3v) is 1.44. The highest BCUT2D eigenvalue weighted by Gasteiger charge is 2.41. The van der Waals surface area contributed by atoms with Crippen molar-refractivity contribution >= 4 is 5.97 Å². The van der Waals surface area contributed by atoms with Gasteiger partial charge < -0.3 is 4.74 Å². The van der Waals surface area contributed by atoms with Gasteiger partial charge in [-0.2, -0.15) is 18.4 Å². The standard InChI is InChI=1S/C9H4F3NO2/c10-9(11,12)8(14)15-7-4-2-1-3-6(7)5-13/h1-4H. The summed E-state index contributed by atoms with van der Waals surface area (Å²) in [5, 5.41) is 8.51. The van der Waals surface area contributed by atoms with E-state index in [9.17, 15) is 18.0 Å². The third-order valence-electron chi connectivity index (χ3n) is 1.44. The van der Waals surface area contributed by atoms with Crippen molar-refractivity contribution < 1.29 is 22.7 Å². The van der Waals surface area contributed by atoms with Crippen LogP contribution >= 0.6 is 0 Å². The van der Waals surface area contributed by atoms with Gasteiger partial charge in [-0.1, -0.05) is 12.1 Å². The van der Waals surface area contributed by atoms with Crippen LogP contribution in [-0.4, -0.2) is 12.1 Å². The van der Waals surface area contributed by atoms with Gasteiger partial charge in [-0.05, 0) is 12.1 Å². The molecular weight excluding hydrogens is 211 g/mol. The molecule has 0 N–H and O–H groups in total. The van der Waals surface area contributed by atoms with E-state index in [1.54, 1.807) is 6.07 Å². The van der Waals surface area contributed by atoms with Crippen LogP contribution in [0.4, 0.5) is 13.2 Å². The zero-order chi connectivity index (χ0) is 11.5. The largest absolute Gasteiger partial charge is 0.491 e. The molecule has 0 fully saturated rings. The molecule has 1 rings (SSSR count). The molecule has 3 nitrogen and oxygen atoms in total. The lowest BCUT2D eigenvalue weighted by Crippen LogP contribution is -2.28. The Kier molecular flexibility index (Phi) is 2.95. The summed E-state index contributed by atoms with van der Waals surface area (Å²) in [5.74, 6) is -2.74. The van der Waals surface area contributed by atoms with Crippen molar-refractivity contribution in [3.05, 3.63) is 29.8 Å². The normalized spacial score (nSPS) is 10.5. The molecule has 78 valence electrons. The summed E-state index contributed by atoms with van der Waals surface area (Å²) in [6.45, 7) is 0. The number of ether oxygens (including phenoxy) is 1. The molecule has 0 bridgehead atoms. The molecule has 0 spiro atoms. The number of esters is 1. The van der Waals surface area contributed by atoms with Gasteiger partial charge in [-0.25, -0.2) is 4.79 Å². The lowest BCUT2D eigenvalue weighted by Gasteiger charge is -2.07. The number of benzene rings is 1. The molecule has 0 radical (unpaired) electrons. The summed E-state index contributed by atoms with van der Waals surface area (Å²) in [6.07, 6.45) is -5.07. The number of carbonyl (C=O) groups excluding carboxylic acids is 1. The van der Waals surface area contributed by atoms with E-state index in [-0.39, 0.29) is 5.56 Å². The van der Waals surface area contributed by atoms with Crippen molar-refractivity contribution in [2.24, 2.45) is 0 Å². The summed E-state index contributed by atoms with van der Waals surface area (Å²) in [7, 11) is 0. The molecule has 6 heteroatoms. The summed E-state index contributed by atoms with van der Waals surface area (Å²) in [5.41, 5.74) is -0.130. The molecule has 0 unspecified atom stereocenters. The van der Waals surface area contributed by atoms with Gasteiger partial charge in [0.2, 0.25) is 0 Å². The molecule has 0 atom stereocenters. The van der Waals surface area contributed by atoms with E-state index < -0.39 is 17.9 Å². The van der Waals surface area contributed by atoms with Crippen molar-refractivity contribution in [3.63, 3.8) is 0 Å². The van der Waals surface area contributed by atoms with Crippen LogP contribution in [0.15, 0.2) is 24.3 Å². The Balaban J connectivity index is 2.92. The fourth-order valence-corrected chi connectivity index (χ4v) is 0.806. The van der Waals surface area contributed by atoms with E-state index in [0.717, 1.165) is 6.07 Å². The van der Waals surface area contributed by atoms with Crippen LogP contribution in [0.3, 0.4) is 0 Å². The number of para-hydroxylation sites is 1. The SMILES string of the molecule is N#Cc1ccccc1OC(=O)C(F)(F)F. The van der Waals surface area contributed by atoms with Gasteiger partial charge in [0.25, 0.3) is 0 Å². The van der Waals surface area contributed by atoms with Crippen molar-refractivity contribution in [3.8, 4) is 11.8 Å². The molecule has 0 aliphatic heterocycles. The van der Waals surface area contributed by atoms with Crippen molar-refractivity contribution in [1.82, 2.24) is 0 Å². The van der Waals surface area contributed by atoms with Gasteiger partial charge in [0.1, 0.15) is 11.8 Å². The minimum Gasteiger partial charge on any atom is -0.418 e. The Labute approximate surface area is 82.7 Å². The summed E-state index contributed by atoms with van der Waals surface area (Å²) in [6, 6.07) is 6.78. The lowest BCUT2D eigenvalue weighted by molar-refractivity contribution is -0.189. The third kappa shape index (κ3) is 2.71. The average molecular weight is 215 g/mol.